The molecule has 0 aliphatic heterocycles. The van der Waals surface area contributed by atoms with Crippen molar-refractivity contribution in [3.63, 3.8) is 0 Å². The summed E-state index contributed by atoms with van der Waals surface area (Å²) >= 11 is 11.3. The Hall–Kier alpha value is -0.870. The molecule has 1 aromatic heterocycles. The van der Waals surface area contributed by atoms with Gasteiger partial charge in [-0.2, -0.15) is 0 Å². The highest BCUT2D eigenvalue weighted by molar-refractivity contribution is 6.32. The molecular formula is C11H12Cl2N2O2. The maximum Gasteiger partial charge on any atom is 0.357 e. The zero-order chi connectivity index (χ0) is 12.3. The Kier molecular flexibility index (Phi) is 4.18. The second-order valence-corrected chi connectivity index (χ2v) is 4.74. The van der Waals surface area contributed by atoms with Crippen LogP contribution in [0.2, 0.25) is 10.4 Å². The molecule has 0 aromatic carbocycles. The predicted octanol–water partition coefficient (Wildman–Crippen LogP) is 3.27. The number of carbonyl (C=O) groups excluding carboxylic acids is 1. The first-order valence-electron chi connectivity index (χ1n) is 5.56. The Bertz CT molecular complexity index is 400. The van der Waals surface area contributed by atoms with Gasteiger partial charge < -0.3 is 4.74 Å². The summed E-state index contributed by atoms with van der Waals surface area (Å²) in [6, 6.07) is 1.36. The number of esters is 1. The first-order valence-corrected chi connectivity index (χ1v) is 6.32. The zero-order valence-electron chi connectivity index (χ0n) is 9.16. The standard InChI is InChI=1S/C11H12Cl2N2O2/c12-9-6-8(14-11(13)15-9)10(16)17-7-4-2-1-3-5-7/h6-7H,1-5H2. The summed E-state index contributed by atoms with van der Waals surface area (Å²) in [7, 11) is 0. The molecule has 1 heterocycles. The fourth-order valence-electron chi connectivity index (χ4n) is 1.89. The lowest BCUT2D eigenvalue weighted by atomic mass is 9.98. The van der Waals surface area contributed by atoms with Crippen LogP contribution in [0.5, 0.6) is 0 Å². The molecule has 17 heavy (non-hydrogen) atoms. The third-order valence-electron chi connectivity index (χ3n) is 2.70. The maximum absolute atomic E-state index is 11.8. The van der Waals surface area contributed by atoms with Crippen LogP contribution in [-0.2, 0) is 4.74 Å². The molecule has 0 bridgehead atoms. The van der Waals surface area contributed by atoms with Crippen molar-refractivity contribution in [3.8, 4) is 0 Å². The number of hydrogen-bond donors (Lipinski definition) is 0. The van der Waals surface area contributed by atoms with Crippen LogP contribution in [0, 0.1) is 0 Å². The van der Waals surface area contributed by atoms with Crippen LogP contribution in [0.3, 0.4) is 0 Å². The molecule has 6 heteroatoms. The van der Waals surface area contributed by atoms with Crippen LogP contribution >= 0.6 is 23.2 Å². The van der Waals surface area contributed by atoms with Gasteiger partial charge in [-0.15, -0.1) is 0 Å². The van der Waals surface area contributed by atoms with E-state index in [2.05, 4.69) is 9.97 Å². The van der Waals surface area contributed by atoms with Gasteiger partial charge >= 0.3 is 5.97 Å². The number of aromatic nitrogens is 2. The minimum Gasteiger partial charge on any atom is -0.458 e. The first kappa shape index (κ1) is 12.6. The molecule has 4 nitrogen and oxygen atoms in total. The number of rotatable bonds is 2. The quantitative estimate of drug-likeness (QED) is 0.472. The second-order valence-electron chi connectivity index (χ2n) is 4.01. The summed E-state index contributed by atoms with van der Waals surface area (Å²) in [6.07, 6.45) is 5.23. The van der Waals surface area contributed by atoms with E-state index in [1.54, 1.807) is 0 Å². The van der Waals surface area contributed by atoms with Gasteiger partial charge in [-0.05, 0) is 37.3 Å². The topological polar surface area (TPSA) is 52.1 Å². The summed E-state index contributed by atoms with van der Waals surface area (Å²) in [4.78, 5) is 19.3. The van der Waals surface area contributed by atoms with E-state index < -0.39 is 5.97 Å². The molecule has 0 amide bonds. The number of nitrogens with zero attached hydrogens (tertiary/aromatic N) is 2. The predicted molar refractivity (Wildman–Crippen MR) is 64.3 cm³/mol. The van der Waals surface area contributed by atoms with Crippen molar-refractivity contribution in [1.82, 2.24) is 9.97 Å². The van der Waals surface area contributed by atoms with Gasteiger partial charge in [-0.1, -0.05) is 18.0 Å². The van der Waals surface area contributed by atoms with Gasteiger partial charge in [0.15, 0.2) is 5.69 Å². The molecule has 0 atom stereocenters. The molecule has 0 radical (unpaired) electrons. The fourth-order valence-corrected chi connectivity index (χ4v) is 2.30. The van der Waals surface area contributed by atoms with Gasteiger partial charge in [-0.3, -0.25) is 0 Å². The van der Waals surface area contributed by atoms with Gasteiger partial charge in [0.2, 0.25) is 5.28 Å². The molecule has 2 rings (SSSR count). The second kappa shape index (κ2) is 5.65. The van der Waals surface area contributed by atoms with Crippen molar-refractivity contribution >= 4 is 29.2 Å². The van der Waals surface area contributed by atoms with E-state index >= 15 is 0 Å². The van der Waals surface area contributed by atoms with Crippen molar-refractivity contribution in [1.29, 1.82) is 0 Å². The van der Waals surface area contributed by atoms with Crippen LogP contribution in [0.1, 0.15) is 42.6 Å². The normalized spacial score (nSPS) is 16.8. The van der Waals surface area contributed by atoms with E-state index in [4.69, 9.17) is 27.9 Å². The van der Waals surface area contributed by atoms with Gasteiger partial charge in [0, 0.05) is 6.07 Å². The third-order valence-corrected chi connectivity index (χ3v) is 3.07. The van der Waals surface area contributed by atoms with Gasteiger partial charge in [0.1, 0.15) is 11.3 Å². The lowest BCUT2D eigenvalue weighted by molar-refractivity contribution is 0.0204. The number of carbonyl (C=O) groups is 1. The maximum atomic E-state index is 11.8. The van der Waals surface area contributed by atoms with E-state index in [1.807, 2.05) is 0 Å². The molecule has 1 fully saturated rings. The Morgan fingerprint density at radius 1 is 1.24 bits per heavy atom. The van der Waals surface area contributed by atoms with Gasteiger partial charge in [0.25, 0.3) is 0 Å². The van der Waals surface area contributed by atoms with Gasteiger partial charge in [0.05, 0.1) is 0 Å². The van der Waals surface area contributed by atoms with Gasteiger partial charge in [-0.25, -0.2) is 14.8 Å². The molecule has 92 valence electrons. The van der Waals surface area contributed by atoms with Crippen LogP contribution in [0.4, 0.5) is 0 Å². The SMILES string of the molecule is O=C(OC1CCCCC1)c1cc(Cl)nc(Cl)n1. The van der Waals surface area contributed by atoms with Crippen molar-refractivity contribution in [2.45, 2.75) is 38.2 Å². The average molecular weight is 275 g/mol. The molecule has 0 N–H and O–H groups in total. The molecular weight excluding hydrogens is 263 g/mol. The minimum atomic E-state index is -0.483. The smallest absolute Gasteiger partial charge is 0.357 e. The molecule has 0 saturated heterocycles. The number of halogens is 2. The highest BCUT2D eigenvalue weighted by atomic mass is 35.5. The van der Waals surface area contributed by atoms with E-state index in [0.29, 0.717) is 0 Å². The van der Waals surface area contributed by atoms with Crippen molar-refractivity contribution in [2.75, 3.05) is 0 Å². The van der Waals surface area contributed by atoms with Crippen LogP contribution < -0.4 is 0 Å². The molecule has 0 spiro atoms. The largest absolute Gasteiger partial charge is 0.458 e. The Labute approximate surface area is 109 Å². The molecule has 1 aliphatic carbocycles. The summed E-state index contributed by atoms with van der Waals surface area (Å²) in [5, 5.41) is 0.0914. The summed E-state index contributed by atoms with van der Waals surface area (Å²) < 4.78 is 5.34. The van der Waals surface area contributed by atoms with Crippen LogP contribution in [-0.4, -0.2) is 22.0 Å². The van der Waals surface area contributed by atoms with E-state index in [-0.39, 0.29) is 22.2 Å². The van der Waals surface area contributed by atoms with E-state index in [9.17, 15) is 4.79 Å². The third kappa shape index (κ3) is 3.54. The van der Waals surface area contributed by atoms with Crippen molar-refractivity contribution < 1.29 is 9.53 Å². The Balaban J connectivity index is 2.03. The molecule has 1 saturated carbocycles. The highest BCUT2D eigenvalue weighted by Crippen LogP contribution is 2.21. The lowest BCUT2D eigenvalue weighted by Crippen LogP contribution is -2.21. The van der Waals surface area contributed by atoms with E-state index in [0.717, 1.165) is 25.7 Å². The first-order chi connectivity index (χ1) is 8.15. The number of hydrogen-bond acceptors (Lipinski definition) is 4. The lowest BCUT2D eigenvalue weighted by Gasteiger charge is -2.21. The van der Waals surface area contributed by atoms with Crippen molar-refractivity contribution in [3.05, 3.63) is 22.2 Å². The Morgan fingerprint density at radius 3 is 2.59 bits per heavy atom. The Morgan fingerprint density at radius 2 is 1.94 bits per heavy atom. The molecule has 0 unspecified atom stereocenters. The van der Waals surface area contributed by atoms with Crippen LogP contribution in [0.15, 0.2) is 6.07 Å². The van der Waals surface area contributed by atoms with Crippen molar-refractivity contribution in [2.24, 2.45) is 0 Å². The average Bonchev–Trinajstić information content (AvgIpc) is 2.29. The molecule has 1 aromatic rings. The molecule has 1 aliphatic rings. The minimum absolute atomic E-state index is 0.0104. The summed E-state index contributed by atoms with van der Waals surface area (Å²) in [6.45, 7) is 0. The summed E-state index contributed by atoms with van der Waals surface area (Å²) in [5.74, 6) is -0.483. The summed E-state index contributed by atoms with van der Waals surface area (Å²) in [5.41, 5.74) is 0.112. The number of ether oxygens (including phenoxy) is 1. The fraction of sp³-hybridized carbons (Fsp3) is 0.545. The highest BCUT2D eigenvalue weighted by Gasteiger charge is 2.20. The van der Waals surface area contributed by atoms with Crippen LogP contribution in [0.25, 0.3) is 0 Å². The monoisotopic (exact) mass is 274 g/mol. The zero-order valence-corrected chi connectivity index (χ0v) is 10.7. The van der Waals surface area contributed by atoms with E-state index in [1.165, 1.54) is 12.5 Å².